The van der Waals surface area contributed by atoms with E-state index in [0.29, 0.717) is 39.3 Å². The monoisotopic (exact) mass is 317 g/mol. The molecular formula is C17H23N3O3. The number of ether oxygens (including phenoxy) is 1. The zero-order valence-corrected chi connectivity index (χ0v) is 13.7. The van der Waals surface area contributed by atoms with Crippen LogP contribution >= 0.6 is 0 Å². The van der Waals surface area contributed by atoms with Crippen LogP contribution in [0.3, 0.4) is 0 Å². The Hall–Kier alpha value is -1.92. The van der Waals surface area contributed by atoms with E-state index in [1.165, 1.54) is 0 Å². The molecule has 0 aromatic heterocycles. The van der Waals surface area contributed by atoms with E-state index in [-0.39, 0.29) is 11.8 Å². The summed E-state index contributed by atoms with van der Waals surface area (Å²) in [6.45, 7) is 7.11. The topological polar surface area (TPSA) is 61.9 Å². The molecule has 3 rings (SSSR count). The van der Waals surface area contributed by atoms with Gasteiger partial charge in [0, 0.05) is 25.3 Å². The highest BCUT2D eigenvalue weighted by Gasteiger charge is 2.39. The zero-order chi connectivity index (χ0) is 16.4. The van der Waals surface area contributed by atoms with E-state index in [9.17, 15) is 9.59 Å². The smallest absolute Gasteiger partial charge is 0.246 e. The lowest BCUT2D eigenvalue weighted by Gasteiger charge is -2.28. The molecule has 2 aliphatic heterocycles. The molecule has 1 N–H and O–H groups in total. The van der Waals surface area contributed by atoms with E-state index in [4.69, 9.17) is 4.74 Å². The average Bonchev–Trinajstić information content (AvgIpc) is 2.90. The molecule has 2 aliphatic rings. The van der Waals surface area contributed by atoms with Gasteiger partial charge in [0.2, 0.25) is 11.8 Å². The molecular weight excluding hydrogens is 294 g/mol. The number of morpholine rings is 1. The molecule has 1 unspecified atom stereocenters. The highest BCUT2D eigenvalue weighted by molar-refractivity contribution is 6.10. The number of nitrogens with zero attached hydrogens (tertiary/aromatic N) is 2. The number of carbonyl (C=O) groups excluding carboxylic acids is 2. The van der Waals surface area contributed by atoms with Gasteiger partial charge >= 0.3 is 0 Å². The normalized spacial score (nSPS) is 22.4. The predicted octanol–water partition coefficient (Wildman–Crippen LogP) is 1.02. The lowest BCUT2D eigenvalue weighted by molar-refractivity contribution is -0.137. The quantitative estimate of drug-likeness (QED) is 0.846. The van der Waals surface area contributed by atoms with Gasteiger partial charge in [-0.2, -0.15) is 0 Å². The van der Waals surface area contributed by atoms with Gasteiger partial charge in [0.05, 0.1) is 13.2 Å². The van der Waals surface area contributed by atoms with E-state index in [1.54, 1.807) is 4.90 Å². The number of aryl methyl sites for hydroxylation is 2. The Bertz CT molecular complexity index is 591. The molecule has 124 valence electrons. The molecule has 0 saturated carbocycles. The summed E-state index contributed by atoms with van der Waals surface area (Å²) in [7, 11) is 0. The van der Waals surface area contributed by atoms with E-state index in [2.05, 4.69) is 5.43 Å². The van der Waals surface area contributed by atoms with Crippen LogP contribution in [0.5, 0.6) is 0 Å². The van der Waals surface area contributed by atoms with E-state index in [1.807, 2.05) is 37.1 Å². The Morgan fingerprint density at radius 2 is 1.83 bits per heavy atom. The second-order valence-electron chi connectivity index (χ2n) is 6.15. The minimum Gasteiger partial charge on any atom is -0.379 e. The van der Waals surface area contributed by atoms with Crippen molar-refractivity contribution in [2.45, 2.75) is 20.3 Å². The van der Waals surface area contributed by atoms with Crippen LogP contribution in [0.4, 0.5) is 5.69 Å². The number of nitrogens with one attached hydrogen (secondary N) is 1. The summed E-state index contributed by atoms with van der Waals surface area (Å²) >= 11 is 0. The van der Waals surface area contributed by atoms with Crippen molar-refractivity contribution in [2.24, 2.45) is 5.92 Å². The van der Waals surface area contributed by atoms with Crippen LogP contribution in [0.15, 0.2) is 18.2 Å². The Morgan fingerprint density at radius 3 is 2.48 bits per heavy atom. The molecule has 1 aromatic carbocycles. The van der Waals surface area contributed by atoms with Crippen LogP contribution in [0.2, 0.25) is 0 Å². The molecule has 1 atom stereocenters. The summed E-state index contributed by atoms with van der Waals surface area (Å²) < 4.78 is 5.26. The van der Waals surface area contributed by atoms with Crippen molar-refractivity contribution in [3.63, 3.8) is 0 Å². The Morgan fingerprint density at radius 1 is 1.17 bits per heavy atom. The molecule has 0 bridgehead atoms. The summed E-state index contributed by atoms with van der Waals surface area (Å²) in [5.41, 5.74) is 5.93. The fraction of sp³-hybridized carbons (Fsp3) is 0.529. The van der Waals surface area contributed by atoms with Gasteiger partial charge in [0.1, 0.15) is 5.92 Å². The molecule has 0 radical (unpaired) electrons. The number of para-hydroxylation sites is 1. The lowest BCUT2D eigenvalue weighted by Crippen LogP contribution is -2.51. The largest absolute Gasteiger partial charge is 0.379 e. The van der Waals surface area contributed by atoms with Gasteiger partial charge in [-0.15, -0.1) is 0 Å². The van der Waals surface area contributed by atoms with Crippen LogP contribution in [-0.4, -0.2) is 49.7 Å². The highest BCUT2D eigenvalue weighted by Crippen LogP contribution is 2.30. The van der Waals surface area contributed by atoms with Crippen molar-refractivity contribution in [2.75, 3.05) is 37.7 Å². The summed E-state index contributed by atoms with van der Waals surface area (Å²) in [5.74, 6) is -0.907. The van der Waals surface area contributed by atoms with Crippen molar-refractivity contribution in [3.05, 3.63) is 29.3 Å². The minimum atomic E-state index is -0.600. The molecule has 0 aliphatic carbocycles. The van der Waals surface area contributed by atoms with Crippen molar-refractivity contribution >= 4 is 17.5 Å². The Kier molecular flexibility index (Phi) is 4.63. The van der Waals surface area contributed by atoms with Gasteiger partial charge in [-0.1, -0.05) is 18.2 Å². The Labute approximate surface area is 136 Å². The van der Waals surface area contributed by atoms with Crippen LogP contribution in [0, 0.1) is 19.8 Å². The first-order chi connectivity index (χ1) is 11.1. The van der Waals surface area contributed by atoms with Gasteiger partial charge in [-0.25, -0.2) is 5.01 Å². The maximum absolute atomic E-state index is 12.7. The molecule has 23 heavy (non-hydrogen) atoms. The second kappa shape index (κ2) is 6.68. The predicted molar refractivity (Wildman–Crippen MR) is 86.9 cm³/mol. The molecule has 2 saturated heterocycles. The first-order valence-corrected chi connectivity index (χ1v) is 8.08. The zero-order valence-electron chi connectivity index (χ0n) is 13.7. The maximum atomic E-state index is 12.7. The maximum Gasteiger partial charge on any atom is 0.246 e. The number of carbonyl (C=O) groups is 2. The minimum absolute atomic E-state index is 0.104. The van der Waals surface area contributed by atoms with Crippen molar-refractivity contribution in [1.29, 1.82) is 0 Å². The van der Waals surface area contributed by atoms with Crippen molar-refractivity contribution in [3.8, 4) is 0 Å². The summed E-state index contributed by atoms with van der Waals surface area (Å²) in [5, 5.41) is 1.83. The van der Waals surface area contributed by atoms with Crippen molar-refractivity contribution < 1.29 is 14.3 Å². The number of benzene rings is 1. The van der Waals surface area contributed by atoms with Gasteiger partial charge in [0.15, 0.2) is 0 Å². The molecule has 2 amide bonds. The third kappa shape index (κ3) is 3.23. The highest BCUT2D eigenvalue weighted by atomic mass is 16.5. The van der Waals surface area contributed by atoms with E-state index < -0.39 is 5.92 Å². The van der Waals surface area contributed by atoms with E-state index >= 15 is 0 Å². The van der Waals surface area contributed by atoms with Crippen LogP contribution < -0.4 is 10.3 Å². The van der Waals surface area contributed by atoms with Crippen LogP contribution in [0.25, 0.3) is 0 Å². The summed E-state index contributed by atoms with van der Waals surface area (Å²) in [4.78, 5) is 26.9. The van der Waals surface area contributed by atoms with E-state index in [0.717, 1.165) is 16.8 Å². The number of amides is 2. The van der Waals surface area contributed by atoms with Gasteiger partial charge in [-0.3, -0.25) is 15.0 Å². The third-order valence-electron chi connectivity index (χ3n) is 4.51. The number of rotatable bonds is 3. The first-order valence-electron chi connectivity index (χ1n) is 8.08. The number of hydrogen-bond acceptors (Lipinski definition) is 4. The number of hydrogen-bond donors (Lipinski definition) is 1. The van der Waals surface area contributed by atoms with Crippen LogP contribution in [0.1, 0.15) is 17.5 Å². The first kappa shape index (κ1) is 16.0. The average molecular weight is 317 g/mol. The molecule has 2 fully saturated rings. The molecule has 2 heterocycles. The summed E-state index contributed by atoms with van der Waals surface area (Å²) in [6, 6.07) is 5.98. The molecule has 6 nitrogen and oxygen atoms in total. The lowest BCUT2D eigenvalue weighted by atomic mass is 10.1. The molecule has 6 heteroatoms. The van der Waals surface area contributed by atoms with Crippen molar-refractivity contribution in [1.82, 2.24) is 10.4 Å². The fourth-order valence-corrected chi connectivity index (χ4v) is 3.29. The van der Waals surface area contributed by atoms with Gasteiger partial charge in [0.25, 0.3) is 0 Å². The second-order valence-corrected chi connectivity index (χ2v) is 6.15. The third-order valence-corrected chi connectivity index (χ3v) is 4.51. The SMILES string of the molecule is Cc1cccc(C)c1N1CCC(C(=O)NN2CCOCC2)C1=O. The van der Waals surface area contributed by atoms with Gasteiger partial charge in [-0.05, 0) is 31.4 Å². The molecule has 1 aromatic rings. The summed E-state index contributed by atoms with van der Waals surface area (Å²) in [6.07, 6.45) is 0.558. The van der Waals surface area contributed by atoms with Gasteiger partial charge < -0.3 is 9.64 Å². The number of anilines is 1. The fourth-order valence-electron chi connectivity index (χ4n) is 3.29. The standard InChI is InChI=1S/C17H23N3O3/c1-12-4-3-5-13(2)15(12)20-7-6-14(17(20)22)16(21)18-19-8-10-23-11-9-19/h3-5,14H,6-11H2,1-2H3,(H,18,21). The number of hydrazine groups is 1. The van der Waals surface area contributed by atoms with Crippen LogP contribution in [-0.2, 0) is 14.3 Å². The molecule has 0 spiro atoms. The Balaban J connectivity index is 1.70.